The lowest BCUT2D eigenvalue weighted by Gasteiger charge is -2.38. The van der Waals surface area contributed by atoms with Crippen LogP contribution in [0.2, 0.25) is 0 Å². The van der Waals surface area contributed by atoms with Crippen molar-refractivity contribution < 1.29 is 0 Å². The third kappa shape index (κ3) is 1.03. The summed E-state index contributed by atoms with van der Waals surface area (Å²) in [4.78, 5) is 4.53. The molecule has 0 aliphatic carbocycles. The van der Waals surface area contributed by atoms with Crippen molar-refractivity contribution in [2.75, 3.05) is 0 Å². The number of fused-ring (bicyclic) bond motifs is 2. The molecule has 86 valence electrons. The first-order valence-corrected chi connectivity index (χ1v) is 6.26. The van der Waals surface area contributed by atoms with Gasteiger partial charge in [-0.2, -0.15) is 0 Å². The van der Waals surface area contributed by atoms with E-state index < -0.39 is 0 Å². The zero-order chi connectivity index (χ0) is 11.7. The molecule has 2 radical (unpaired) electrons. The van der Waals surface area contributed by atoms with Crippen LogP contribution in [-0.2, 0) is 0 Å². The molecule has 3 aliphatic rings. The normalized spacial score (nSPS) is 30.1. The lowest BCUT2D eigenvalue weighted by atomic mass is 10.0. The second-order valence-electron chi connectivity index (χ2n) is 6.51. The molecule has 3 rings (SSSR count). The van der Waals surface area contributed by atoms with Crippen LogP contribution in [-0.4, -0.2) is 20.9 Å². The highest BCUT2D eigenvalue weighted by Crippen LogP contribution is 2.53. The average Bonchev–Trinajstić information content (AvgIpc) is 2.71. The lowest BCUT2D eigenvalue weighted by Crippen LogP contribution is -2.42. The Kier molecular flexibility index (Phi) is 1.71. The molecule has 0 aromatic rings. The molecule has 0 atom stereocenters. The highest BCUT2D eigenvalue weighted by atomic mass is 15.5. The van der Waals surface area contributed by atoms with Gasteiger partial charge in [-0.1, -0.05) is 0 Å². The van der Waals surface area contributed by atoms with Crippen LogP contribution >= 0.6 is 0 Å². The van der Waals surface area contributed by atoms with E-state index in [0.717, 1.165) is 18.7 Å². The van der Waals surface area contributed by atoms with E-state index in [1.165, 1.54) is 24.2 Å². The zero-order valence-corrected chi connectivity index (χ0v) is 10.7. The van der Waals surface area contributed by atoms with Crippen molar-refractivity contribution in [1.82, 2.24) is 9.80 Å². The Balaban J connectivity index is 2.10. The Hall–Kier alpha value is -0.920. The van der Waals surface area contributed by atoms with E-state index in [4.69, 9.17) is 6.58 Å². The molecule has 0 saturated carbocycles. The average molecular weight is 216 g/mol. The van der Waals surface area contributed by atoms with Gasteiger partial charge in [0.05, 0.1) is 0 Å². The Morgan fingerprint density at radius 2 is 1.25 bits per heavy atom. The Bertz CT molecular complexity index is 365. The quantitative estimate of drug-likeness (QED) is 0.614. The number of nitrogens with zero attached hydrogens (tertiary/aromatic N) is 2. The van der Waals surface area contributed by atoms with Crippen LogP contribution in [0, 0.1) is 6.58 Å². The predicted molar refractivity (Wildman–Crippen MR) is 64.1 cm³/mol. The summed E-state index contributed by atoms with van der Waals surface area (Å²) in [5.41, 5.74) is 3.14. The number of rotatable bonds is 0. The molecule has 0 bridgehead atoms. The molecule has 2 fully saturated rings. The van der Waals surface area contributed by atoms with Crippen molar-refractivity contribution in [2.45, 2.75) is 64.5 Å². The maximum absolute atomic E-state index is 8.43. The summed E-state index contributed by atoms with van der Waals surface area (Å²) in [6.07, 6.45) is 4.67. The first kappa shape index (κ1) is 10.2. The molecule has 3 heterocycles. The predicted octanol–water partition coefficient (Wildman–Crippen LogP) is 3.11. The van der Waals surface area contributed by atoms with Gasteiger partial charge in [0.15, 0.2) is 0 Å². The zero-order valence-electron chi connectivity index (χ0n) is 10.7. The molecule has 2 nitrogen and oxygen atoms in total. The van der Waals surface area contributed by atoms with Gasteiger partial charge in [-0.15, -0.1) is 0 Å². The van der Waals surface area contributed by atoms with Gasteiger partial charge in [0.1, 0.15) is 5.82 Å². The maximum Gasteiger partial charge on any atom is 0.123 e. The summed E-state index contributed by atoms with van der Waals surface area (Å²) in [6.45, 7) is 17.4. The van der Waals surface area contributed by atoms with Crippen LogP contribution in [0.4, 0.5) is 0 Å². The van der Waals surface area contributed by atoms with Crippen LogP contribution in [0.1, 0.15) is 53.4 Å². The number of allylic oxidation sites excluding steroid dienone is 2. The van der Waals surface area contributed by atoms with E-state index in [0.29, 0.717) is 0 Å². The Labute approximate surface area is 98.6 Å². The SMILES string of the molecule is [C]=C1N2C(=C3CCC(C)(C)N13)CCC2(C)C. The smallest absolute Gasteiger partial charge is 0.123 e. The van der Waals surface area contributed by atoms with Gasteiger partial charge in [0.25, 0.3) is 0 Å². The molecule has 0 spiro atoms. The van der Waals surface area contributed by atoms with Crippen LogP contribution in [0.3, 0.4) is 0 Å². The molecule has 0 aromatic heterocycles. The van der Waals surface area contributed by atoms with Crippen molar-refractivity contribution in [3.63, 3.8) is 0 Å². The van der Waals surface area contributed by atoms with Gasteiger partial charge in [0.2, 0.25) is 0 Å². The van der Waals surface area contributed by atoms with Crippen LogP contribution in [0.5, 0.6) is 0 Å². The first-order valence-electron chi connectivity index (χ1n) is 6.26. The van der Waals surface area contributed by atoms with Gasteiger partial charge in [-0.3, -0.25) is 0 Å². The molecule has 0 aromatic carbocycles. The largest absolute Gasteiger partial charge is 0.324 e. The molecule has 0 amide bonds. The van der Waals surface area contributed by atoms with Crippen molar-refractivity contribution >= 4 is 0 Å². The summed E-state index contributed by atoms with van der Waals surface area (Å²) >= 11 is 0. The summed E-state index contributed by atoms with van der Waals surface area (Å²) in [7, 11) is 0. The third-order valence-electron chi connectivity index (χ3n) is 4.45. The van der Waals surface area contributed by atoms with Crippen LogP contribution in [0.15, 0.2) is 17.2 Å². The molecule has 2 saturated heterocycles. The van der Waals surface area contributed by atoms with Gasteiger partial charge in [-0.05, 0) is 53.4 Å². The molecular formula is C14H20N2. The molecular weight excluding hydrogens is 196 g/mol. The molecule has 16 heavy (non-hydrogen) atoms. The fraction of sp³-hybridized carbons (Fsp3) is 0.714. The van der Waals surface area contributed by atoms with Gasteiger partial charge in [-0.25, -0.2) is 0 Å². The van der Waals surface area contributed by atoms with Gasteiger partial charge < -0.3 is 9.80 Å². The van der Waals surface area contributed by atoms with Crippen molar-refractivity contribution in [3.05, 3.63) is 23.8 Å². The summed E-state index contributed by atoms with van der Waals surface area (Å²) < 4.78 is 0. The standard InChI is InChI=1S/C14H20N2/c1-10-15-11(6-8-13(15,2)3)12-7-9-14(4,5)16(10)12/h6-9H2,2-5H3. The lowest BCUT2D eigenvalue weighted by molar-refractivity contribution is 0.173. The van der Waals surface area contributed by atoms with Gasteiger partial charge in [0, 0.05) is 29.1 Å². The van der Waals surface area contributed by atoms with Crippen molar-refractivity contribution in [1.29, 1.82) is 0 Å². The molecule has 3 aliphatic heterocycles. The first-order chi connectivity index (χ1) is 7.34. The van der Waals surface area contributed by atoms with Crippen molar-refractivity contribution in [2.24, 2.45) is 0 Å². The van der Waals surface area contributed by atoms with E-state index in [-0.39, 0.29) is 11.1 Å². The summed E-state index contributed by atoms with van der Waals surface area (Å²) in [6, 6.07) is 0. The van der Waals surface area contributed by atoms with E-state index in [9.17, 15) is 0 Å². The van der Waals surface area contributed by atoms with Gasteiger partial charge >= 0.3 is 0 Å². The monoisotopic (exact) mass is 216 g/mol. The second kappa shape index (κ2) is 2.66. The fourth-order valence-corrected chi connectivity index (χ4v) is 3.50. The minimum absolute atomic E-state index is 0.139. The minimum Gasteiger partial charge on any atom is -0.324 e. The highest BCUT2D eigenvalue weighted by molar-refractivity contribution is 5.37. The molecule has 0 N–H and O–H groups in total. The summed E-state index contributed by atoms with van der Waals surface area (Å²) in [5, 5.41) is 0. The van der Waals surface area contributed by atoms with Crippen LogP contribution < -0.4 is 0 Å². The highest BCUT2D eigenvalue weighted by Gasteiger charge is 2.51. The van der Waals surface area contributed by atoms with E-state index in [1.54, 1.807) is 0 Å². The minimum atomic E-state index is 0.139. The van der Waals surface area contributed by atoms with Crippen LogP contribution in [0.25, 0.3) is 0 Å². The topological polar surface area (TPSA) is 6.48 Å². The second-order valence-corrected chi connectivity index (χ2v) is 6.51. The van der Waals surface area contributed by atoms with Crippen molar-refractivity contribution in [3.8, 4) is 0 Å². The van der Waals surface area contributed by atoms with E-state index >= 15 is 0 Å². The third-order valence-corrected chi connectivity index (χ3v) is 4.45. The fourth-order valence-electron chi connectivity index (χ4n) is 3.50. The number of hydrogen-bond donors (Lipinski definition) is 0. The number of hydrogen-bond acceptors (Lipinski definition) is 2. The Morgan fingerprint density at radius 3 is 1.62 bits per heavy atom. The molecule has 2 heteroatoms. The molecule has 0 unspecified atom stereocenters. The summed E-state index contributed by atoms with van der Waals surface area (Å²) in [5.74, 6) is 0.718. The van der Waals surface area contributed by atoms with E-state index in [2.05, 4.69) is 37.5 Å². The Morgan fingerprint density at radius 1 is 0.875 bits per heavy atom. The maximum atomic E-state index is 8.43. The van der Waals surface area contributed by atoms with E-state index in [1.807, 2.05) is 0 Å².